The van der Waals surface area contributed by atoms with E-state index >= 15 is 0 Å². The summed E-state index contributed by atoms with van der Waals surface area (Å²) in [6.07, 6.45) is 2.87. The SMILES string of the molecule is Cc1nc2ccccc2nc1CN1CCC(NS(C)(=O)=O)CC1. The van der Waals surface area contributed by atoms with Crippen molar-refractivity contribution in [2.75, 3.05) is 19.3 Å². The molecule has 0 spiro atoms. The molecule has 0 saturated carbocycles. The average Bonchev–Trinajstić information content (AvgIpc) is 2.48. The smallest absolute Gasteiger partial charge is 0.208 e. The minimum atomic E-state index is -3.12. The fraction of sp³-hybridized carbons (Fsp3) is 0.500. The van der Waals surface area contributed by atoms with Crippen molar-refractivity contribution in [1.82, 2.24) is 19.6 Å². The molecule has 0 amide bonds. The van der Waals surface area contributed by atoms with E-state index in [9.17, 15) is 8.42 Å². The van der Waals surface area contributed by atoms with Gasteiger partial charge in [0.15, 0.2) is 0 Å². The Kier molecular flexibility index (Phi) is 4.61. The highest BCUT2D eigenvalue weighted by Crippen LogP contribution is 2.17. The van der Waals surface area contributed by atoms with Gasteiger partial charge in [-0.3, -0.25) is 4.90 Å². The molecule has 1 fully saturated rings. The number of rotatable bonds is 4. The Morgan fingerprint density at radius 1 is 1.17 bits per heavy atom. The number of fused-ring (bicyclic) bond motifs is 1. The van der Waals surface area contributed by atoms with Gasteiger partial charge < -0.3 is 0 Å². The van der Waals surface area contributed by atoms with Gasteiger partial charge in [-0.2, -0.15) is 0 Å². The first kappa shape index (κ1) is 16.3. The molecule has 1 saturated heterocycles. The van der Waals surface area contributed by atoms with Crippen LogP contribution in [-0.4, -0.2) is 48.7 Å². The Morgan fingerprint density at radius 2 is 1.78 bits per heavy atom. The largest absolute Gasteiger partial charge is 0.297 e. The van der Waals surface area contributed by atoms with Gasteiger partial charge in [-0.25, -0.2) is 23.1 Å². The fourth-order valence-electron chi connectivity index (χ4n) is 3.00. The van der Waals surface area contributed by atoms with Gasteiger partial charge >= 0.3 is 0 Å². The molecule has 7 heteroatoms. The van der Waals surface area contributed by atoms with Crippen LogP contribution in [0.2, 0.25) is 0 Å². The molecule has 0 atom stereocenters. The third-order valence-electron chi connectivity index (χ3n) is 4.18. The second kappa shape index (κ2) is 6.51. The number of aromatic nitrogens is 2. The van der Waals surface area contributed by atoms with Gasteiger partial charge in [0.2, 0.25) is 10.0 Å². The number of hydrogen-bond donors (Lipinski definition) is 1. The van der Waals surface area contributed by atoms with Crippen molar-refractivity contribution in [2.24, 2.45) is 0 Å². The summed E-state index contributed by atoms with van der Waals surface area (Å²) in [5.74, 6) is 0. The van der Waals surface area contributed by atoms with Crippen molar-refractivity contribution in [2.45, 2.75) is 32.4 Å². The molecule has 6 nitrogen and oxygen atoms in total. The molecule has 1 N–H and O–H groups in total. The highest BCUT2D eigenvalue weighted by atomic mass is 32.2. The number of piperidine rings is 1. The van der Waals surface area contributed by atoms with E-state index < -0.39 is 10.0 Å². The Balaban J connectivity index is 1.66. The van der Waals surface area contributed by atoms with Crippen LogP contribution in [0.5, 0.6) is 0 Å². The van der Waals surface area contributed by atoms with Crippen molar-refractivity contribution >= 4 is 21.1 Å². The van der Waals surface area contributed by atoms with Gasteiger partial charge in [0.1, 0.15) is 0 Å². The number of sulfonamides is 1. The maximum atomic E-state index is 11.3. The van der Waals surface area contributed by atoms with Crippen molar-refractivity contribution in [3.63, 3.8) is 0 Å². The van der Waals surface area contributed by atoms with Crippen molar-refractivity contribution < 1.29 is 8.42 Å². The van der Waals surface area contributed by atoms with E-state index in [0.29, 0.717) is 0 Å². The zero-order chi connectivity index (χ0) is 16.4. The van der Waals surface area contributed by atoms with E-state index in [-0.39, 0.29) is 6.04 Å². The lowest BCUT2D eigenvalue weighted by Gasteiger charge is -2.31. The Bertz CT molecular complexity index is 799. The van der Waals surface area contributed by atoms with Crippen molar-refractivity contribution in [3.05, 3.63) is 35.7 Å². The topological polar surface area (TPSA) is 75.2 Å². The van der Waals surface area contributed by atoms with E-state index in [1.165, 1.54) is 6.26 Å². The molecule has 1 aliphatic rings. The van der Waals surface area contributed by atoms with Crippen LogP contribution in [-0.2, 0) is 16.6 Å². The number of nitrogens with zero attached hydrogens (tertiary/aromatic N) is 3. The summed E-state index contributed by atoms with van der Waals surface area (Å²) in [5, 5.41) is 0. The summed E-state index contributed by atoms with van der Waals surface area (Å²) in [6, 6.07) is 7.94. The highest BCUT2D eigenvalue weighted by Gasteiger charge is 2.22. The quantitative estimate of drug-likeness (QED) is 0.916. The summed E-state index contributed by atoms with van der Waals surface area (Å²) in [5.41, 5.74) is 3.80. The molecular weight excluding hydrogens is 312 g/mol. The Hall–Kier alpha value is -1.57. The Labute approximate surface area is 137 Å². The van der Waals surface area contributed by atoms with Gasteiger partial charge in [0, 0.05) is 25.7 Å². The van der Waals surface area contributed by atoms with E-state index in [0.717, 1.165) is 54.9 Å². The van der Waals surface area contributed by atoms with Crippen LogP contribution in [0.25, 0.3) is 11.0 Å². The normalized spacial score (nSPS) is 17.7. The number of aryl methyl sites for hydroxylation is 1. The average molecular weight is 334 g/mol. The molecule has 1 aromatic heterocycles. The van der Waals surface area contributed by atoms with Gasteiger partial charge in [0.25, 0.3) is 0 Å². The first-order valence-corrected chi connectivity index (χ1v) is 9.72. The maximum absolute atomic E-state index is 11.3. The van der Waals surface area contributed by atoms with Gasteiger partial charge in [0.05, 0.1) is 28.7 Å². The van der Waals surface area contributed by atoms with E-state index in [4.69, 9.17) is 4.98 Å². The molecule has 0 bridgehead atoms. The second-order valence-corrected chi connectivity index (χ2v) is 7.96. The summed E-state index contributed by atoms with van der Waals surface area (Å²) >= 11 is 0. The van der Waals surface area contributed by atoms with Crippen molar-refractivity contribution in [3.8, 4) is 0 Å². The summed E-state index contributed by atoms with van der Waals surface area (Å²) in [4.78, 5) is 11.7. The maximum Gasteiger partial charge on any atom is 0.208 e. The second-order valence-electron chi connectivity index (χ2n) is 6.18. The molecule has 3 rings (SSSR count). The molecule has 2 heterocycles. The lowest BCUT2D eigenvalue weighted by atomic mass is 10.1. The van der Waals surface area contributed by atoms with Gasteiger partial charge in [-0.05, 0) is 31.9 Å². The van der Waals surface area contributed by atoms with E-state index in [1.54, 1.807) is 0 Å². The summed E-state index contributed by atoms with van der Waals surface area (Å²) in [7, 11) is -3.12. The Morgan fingerprint density at radius 3 is 2.39 bits per heavy atom. The van der Waals surface area contributed by atoms with Crippen LogP contribution in [0.4, 0.5) is 0 Å². The monoisotopic (exact) mass is 334 g/mol. The first-order valence-electron chi connectivity index (χ1n) is 7.82. The zero-order valence-electron chi connectivity index (χ0n) is 13.5. The molecule has 124 valence electrons. The molecule has 0 radical (unpaired) electrons. The van der Waals surface area contributed by atoms with Gasteiger partial charge in [-0.15, -0.1) is 0 Å². The van der Waals surface area contributed by atoms with Crippen molar-refractivity contribution in [1.29, 1.82) is 0 Å². The highest BCUT2D eigenvalue weighted by molar-refractivity contribution is 7.88. The number of nitrogens with one attached hydrogen (secondary N) is 1. The number of benzene rings is 1. The number of hydrogen-bond acceptors (Lipinski definition) is 5. The number of likely N-dealkylation sites (tertiary alicyclic amines) is 1. The molecule has 1 aromatic carbocycles. The molecule has 1 aliphatic heterocycles. The first-order chi connectivity index (χ1) is 10.9. The molecular formula is C16H22N4O2S. The molecule has 23 heavy (non-hydrogen) atoms. The van der Waals surface area contributed by atoms with E-state index in [1.807, 2.05) is 31.2 Å². The lowest BCUT2D eigenvalue weighted by Crippen LogP contribution is -2.44. The van der Waals surface area contributed by atoms with Crippen LogP contribution in [0.1, 0.15) is 24.2 Å². The summed E-state index contributed by atoms with van der Waals surface area (Å²) in [6.45, 7) is 4.48. The molecule has 2 aromatic rings. The fourth-order valence-corrected chi connectivity index (χ4v) is 3.84. The van der Waals surface area contributed by atoms with Gasteiger partial charge in [-0.1, -0.05) is 12.1 Å². The minimum Gasteiger partial charge on any atom is -0.297 e. The van der Waals surface area contributed by atoms with Crippen LogP contribution in [0.3, 0.4) is 0 Å². The molecule has 0 aliphatic carbocycles. The van der Waals surface area contributed by atoms with E-state index in [2.05, 4.69) is 14.6 Å². The van der Waals surface area contributed by atoms with Crippen LogP contribution in [0.15, 0.2) is 24.3 Å². The predicted octanol–water partition coefficient (Wildman–Crippen LogP) is 1.45. The molecule has 0 unspecified atom stereocenters. The number of para-hydroxylation sites is 2. The van der Waals surface area contributed by atoms with Crippen LogP contribution in [0, 0.1) is 6.92 Å². The van der Waals surface area contributed by atoms with Crippen LogP contribution < -0.4 is 4.72 Å². The summed E-state index contributed by atoms with van der Waals surface area (Å²) < 4.78 is 25.3. The third-order valence-corrected chi connectivity index (χ3v) is 4.95. The third kappa shape index (κ3) is 4.25. The minimum absolute atomic E-state index is 0.0463. The lowest BCUT2D eigenvalue weighted by molar-refractivity contribution is 0.197. The standard InChI is InChI=1S/C16H22N4O2S/c1-12-16(18-15-6-4-3-5-14(15)17-12)11-20-9-7-13(8-10-20)19-23(2,21)22/h3-6,13,19H,7-11H2,1-2H3. The van der Waals surface area contributed by atoms with Crippen LogP contribution >= 0.6 is 0 Å². The zero-order valence-corrected chi connectivity index (χ0v) is 14.3. The predicted molar refractivity (Wildman–Crippen MR) is 90.6 cm³/mol.